The summed E-state index contributed by atoms with van der Waals surface area (Å²) in [5, 5.41) is 7.74. The quantitative estimate of drug-likeness (QED) is 0.831. The van der Waals surface area contributed by atoms with E-state index in [9.17, 15) is 13.2 Å². The minimum Gasteiger partial charge on any atom is -0.369 e. The molecule has 0 unspecified atom stereocenters. The Balaban J connectivity index is 2.94. The molecule has 112 valence electrons. The van der Waals surface area contributed by atoms with Crippen molar-refractivity contribution in [2.75, 3.05) is 11.9 Å². The van der Waals surface area contributed by atoms with E-state index < -0.39 is 10.0 Å². The van der Waals surface area contributed by atoms with E-state index in [-0.39, 0.29) is 23.5 Å². The van der Waals surface area contributed by atoms with Gasteiger partial charge in [-0.1, -0.05) is 0 Å². The second kappa shape index (κ2) is 6.66. The molecule has 1 aromatic rings. The molecule has 6 nitrogen and oxygen atoms in total. The molecule has 0 heterocycles. The van der Waals surface area contributed by atoms with Crippen LogP contribution in [0.2, 0.25) is 0 Å². The molecule has 0 saturated heterocycles. The average molecular weight is 365 g/mol. The molecule has 0 aliphatic carbocycles. The summed E-state index contributed by atoms with van der Waals surface area (Å²) >= 11 is 3.21. The zero-order chi connectivity index (χ0) is 15.5. The number of benzene rings is 1. The number of halogens is 1. The van der Waals surface area contributed by atoms with Crippen LogP contribution in [-0.4, -0.2) is 27.0 Å². The predicted molar refractivity (Wildman–Crippen MR) is 80.0 cm³/mol. The van der Waals surface area contributed by atoms with E-state index >= 15 is 0 Å². The highest BCUT2D eigenvalue weighted by Crippen LogP contribution is 2.28. The lowest BCUT2D eigenvalue weighted by atomic mass is 10.2. The lowest BCUT2D eigenvalue weighted by Gasteiger charge is -2.12. The zero-order valence-corrected chi connectivity index (χ0v) is 13.8. The summed E-state index contributed by atoms with van der Waals surface area (Å²) in [5.74, 6) is -0.317. The van der Waals surface area contributed by atoms with Crippen LogP contribution in [0.4, 0.5) is 5.69 Å². The van der Waals surface area contributed by atoms with Crippen molar-refractivity contribution in [3.8, 4) is 0 Å². The largest absolute Gasteiger partial charge is 0.369 e. The Morgan fingerprint density at radius 2 is 2.05 bits per heavy atom. The molecule has 0 fully saturated rings. The Morgan fingerprint density at radius 3 is 2.55 bits per heavy atom. The van der Waals surface area contributed by atoms with Gasteiger partial charge in [0, 0.05) is 4.47 Å². The van der Waals surface area contributed by atoms with E-state index in [0.29, 0.717) is 15.7 Å². The number of carbonyl (C=O) groups excluding carboxylic acids is 1. The highest BCUT2D eigenvalue weighted by Gasteiger charge is 2.15. The Labute approximate surface area is 126 Å². The number of nitrogens with two attached hydrogens (primary N) is 1. The molecule has 1 aromatic carbocycles. The van der Waals surface area contributed by atoms with Crippen LogP contribution in [0.25, 0.3) is 0 Å². The summed E-state index contributed by atoms with van der Waals surface area (Å²) in [7, 11) is -3.79. The standard InChI is InChI=1S/C12H17BrN2O4S/c1-7(2)19-6-12(16)15-10-4-8(3)11(5-9(10)13)20(14,17)18/h4-5,7H,6H2,1-3H3,(H,15,16)(H2,14,17,18). The molecule has 0 atom stereocenters. The summed E-state index contributed by atoms with van der Waals surface area (Å²) in [5.41, 5.74) is 0.919. The van der Waals surface area contributed by atoms with Crippen LogP contribution in [0.5, 0.6) is 0 Å². The highest BCUT2D eigenvalue weighted by atomic mass is 79.9. The predicted octanol–water partition coefficient (Wildman–Crippen LogP) is 1.77. The van der Waals surface area contributed by atoms with E-state index in [1.54, 1.807) is 6.92 Å². The molecule has 20 heavy (non-hydrogen) atoms. The summed E-state index contributed by atoms with van der Waals surface area (Å²) in [4.78, 5) is 11.7. The smallest absolute Gasteiger partial charge is 0.250 e. The van der Waals surface area contributed by atoms with Gasteiger partial charge in [0.25, 0.3) is 0 Å². The van der Waals surface area contributed by atoms with Gasteiger partial charge in [-0.25, -0.2) is 13.6 Å². The third-order valence-electron chi connectivity index (χ3n) is 2.39. The molecule has 1 rings (SSSR count). The van der Waals surface area contributed by atoms with Gasteiger partial charge in [0.05, 0.1) is 16.7 Å². The number of ether oxygens (including phenoxy) is 1. The van der Waals surface area contributed by atoms with Gasteiger partial charge in [0.15, 0.2) is 0 Å². The Kier molecular flexibility index (Phi) is 5.69. The number of sulfonamides is 1. The number of primary sulfonamides is 1. The summed E-state index contributed by atoms with van der Waals surface area (Å²) in [6, 6.07) is 2.90. The van der Waals surface area contributed by atoms with Crippen LogP contribution in [0.1, 0.15) is 19.4 Å². The number of nitrogens with one attached hydrogen (secondary N) is 1. The first-order chi connectivity index (χ1) is 9.11. The SMILES string of the molecule is Cc1cc(NC(=O)COC(C)C)c(Br)cc1S(N)(=O)=O. The first-order valence-corrected chi connectivity index (χ1v) is 8.19. The van der Waals surface area contributed by atoms with Gasteiger partial charge in [-0.2, -0.15) is 0 Å². The zero-order valence-electron chi connectivity index (χ0n) is 11.4. The van der Waals surface area contributed by atoms with Crippen molar-refractivity contribution in [2.45, 2.75) is 31.8 Å². The van der Waals surface area contributed by atoms with Gasteiger partial charge in [0.1, 0.15) is 6.61 Å². The van der Waals surface area contributed by atoms with Crippen LogP contribution in [-0.2, 0) is 19.6 Å². The van der Waals surface area contributed by atoms with E-state index in [4.69, 9.17) is 9.88 Å². The maximum Gasteiger partial charge on any atom is 0.250 e. The van der Waals surface area contributed by atoms with E-state index in [1.165, 1.54) is 12.1 Å². The molecule has 0 aliphatic rings. The molecule has 3 N–H and O–H groups in total. The number of carbonyl (C=O) groups is 1. The summed E-state index contributed by atoms with van der Waals surface area (Å²) in [6.45, 7) is 5.19. The molecule has 0 aliphatic heterocycles. The Morgan fingerprint density at radius 1 is 1.45 bits per heavy atom. The van der Waals surface area contributed by atoms with Crippen LogP contribution < -0.4 is 10.5 Å². The molecule has 8 heteroatoms. The Bertz CT molecular complexity index is 614. The lowest BCUT2D eigenvalue weighted by molar-refractivity contribution is -0.121. The van der Waals surface area contributed by atoms with Gasteiger partial charge >= 0.3 is 0 Å². The molecular formula is C12H17BrN2O4S. The van der Waals surface area contributed by atoms with Gasteiger partial charge in [0.2, 0.25) is 15.9 Å². The molecule has 0 spiro atoms. The van der Waals surface area contributed by atoms with Crippen LogP contribution in [0.3, 0.4) is 0 Å². The fourth-order valence-electron chi connectivity index (χ4n) is 1.49. The maximum atomic E-state index is 11.7. The fourth-order valence-corrected chi connectivity index (χ4v) is 2.88. The van der Waals surface area contributed by atoms with Gasteiger partial charge in [-0.05, 0) is 54.4 Å². The van der Waals surface area contributed by atoms with Crippen molar-refractivity contribution in [3.63, 3.8) is 0 Å². The van der Waals surface area contributed by atoms with Gasteiger partial charge in [-0.15, -0.1) is 0 Å². The third kappa shape index (κ3) is 4.86. The first-order valence-electron chi connectivity index (χ1n) is 5.85. The highest BCUT2D eigenvalue weighted by molar-refractivity contribution is 9.10. The average Bonchev–Trinajstić information content (AvgIpc) is 2.29. The normalized spacial score (nSPS) is 11.7. The van der Waals surface area contributed by atoms with Gasteiger partial charge < -0.3 is 10.1 Å². The minimum absolute atomic E-state index is 0.0146. The van der Waals surface area contributed by atoms with Crippen molar-refractivity contribution in [1.82, 2.24) is 0 Å². The minimum atomic E-state index is -3.79. The maximum absolute atomic E-state index is 11.7. The van der Waals surface area contributed by atoms with Crippen LogP contribution in [0, 0.1) is 6.92 Å². The summed E-state index contributed by atoms with van der Waals surface area (Å²) < 4.78 is 28.3. The fraction of sp³-hybridized carbons (Fsp3) is 0.417. The van der Waals surface area contributed by atoms with Gasteiger partial charge in [-0.3, -0.25) is 4.79 Å². The van der Waals surface area contributed by atoms with Crippen molar-refractivity contribution in [3.05, 3.63) is 22.2 Å². The van der Waals surface area contributed by atoms with Crippen molar-refractivity contribution in [2.24, 2.45) is 5.14 Å². The molecule has 0 bridgehead atoms. The third-order valence-corrected chi connectivity index (χ3v) is 4.10. The topological polar surface area (TPSA) is 98.5 Å². The molecule has 0 saturated carbocycles. The van der Waals surface area contributed by atoms with Crippen LogP contribution in [0.15, 0.2) is 21.5 Å². The molecule has 1 amide bonds. The van der Waals surface area contributed by atoms with E-state index in [0.717, 1.165) is 0 Å². The number of rotatable bonds is 5. The number of aryl methyl sites for hydroxylation is 1. The molecule has 0 radical (unpaired) electrons. The monoisotopic (exact) mass is 364 g/mol. The number of amides is 1. The van der Waals surface area contributed by atoms with E-state index in [2.05, 4.69) is 21.2 Å². The second-order valence-corrected chi connectivity index (χ2v) is 6.93. The molecular weight excluding hydrogens is 348 g/mol. The van der Waals surface area contributed by atoms with Crippen LogP contribution >= 0.6 is 15.9 Å². The number of hydrogen-bond donors (Lipinski definition) is 2. The van der Waals surface area contributed by atoms with Crippen molar-refractivity contribution >= 4 is 37.5 Å². The first kappa shape index (κ1) is 17.1. The number of anilines is 1. The molecule has 0 aromatic heterocycles. The summed E-state index contributed by atoms with van der Waals surface area (Å²) in [6.07, 6.45) is -0.0457. The lowest BCUT2D eigenvalue weighted by Crippen LogP contribution is -2.21. The van der Waals surface area contributed by atoms with Crippen molar-refractivity contribution in [1.29, 1.82) is 0 Å². The van der Waals surface area contributed by atoms with E-state index in [1.807, 2.05) is 13.8 Å². The Hall–Kier alpha value is -0.960. The number of hydrogen-bond acceptors (Lipinski definition) is 4. The second-order valence-electron chi connectivity index (χ2n) is 4.55. The van der Waals surface area contributed by atoms with Crippen molar-refractivity contribution < 1.29 is 17.9 Å².